The molecule has 1 aromatic carbocycles. The molecule has 1 aromatic heterocycles. The number of hydrogen-bond acceptors (Lipinski definition) is 4. The van der Waals surface area contributed by atoms with Crippen molar-refractivity contribution in [3.63, 3.8) is 0 Å². The Morgan fingerprint density at radius 2 is 2.00 bits per heavy atom. The molecule has 2 aliphatic carbocycles. The molecule has 4 rings (SSSR count). The van der Waals surface area contributed by atoms with Gasteiger partial charge in [-0.15, -0.1) is 0 Å². The molecule has 2 saturated carbocycles. The average Bonchev–Trinajstić information content (AvgIpc) is 3.36. The van der Waals surface area contributed by atoms with Crippen molar-refractivity contribution in [2.24, 2.45) is 0 Å². The number of ether oxygens (including phenoxy) is 1. The van der Waals surface area contributed by atoms with Gasteiger partial charge in [-0.25, -0.2) is 0 Å². The first-order valence-electron chi connectivity index (χ1n) is 9.00. The third-order valence-electron chi connectivity index (χ3n) is 5.18. The summed E-state index contributed by atoms with van der Waals surface area (Å²) in [6.45, 7) is 2.50. The van der Waals surface area contributed by atoms with Gasteiger partial charge in [0.05, 0.1) is 17.7 Å². The van der Waals surface area contributed by atoms with Crippen LogP contribution in [0.3, 0.4) is 0 Å². The lowest BCUT2D eigenvalue weighted by molar-refractivity contribution is -0.123. The summed E-state index contributed by atoms with van der Waals surface area (Å²) in [4.78, 5) is 11.4. The molecular weight excluding hydrogens is 338 g/mol. The van der Waals surface area contributed by atoms with Crippen LogP contribution in [0.4, 0.5) is 0 Å². The van der Waals surface area contributed by atoms with E-state index in [0.717, 1.165) is 53.8 Å². The van der Waals surface area contributed by atoms with E-state index < -0.39 is 0 Å². The van der Waals surface area contributed by atoms with E-state index in [2.05, 4.69) is 5.16 Å². The number of carbonyl (C=O) groups excluding carboxylic acids is 1. The van der Waals surface area contributed by atoms with Crippen molar-refractivity contribution in [3.8, 4) is 11.3 Å². The molecule has 0 radical (unpaired) electrons. The standard InChI is InChI=1S/C20H22ClNO3/c1-12-3-2-4-17(21)18(12)19-16(20(25-22-19)13-5-6-13)11-24-15-9-7-14(23)8-10-15/h2-4,13,15H,5-11H2,1H3. The van der Waals surface area contributed by atoms with E-state index in [1.165, 1.54) is 0 Å². The van der Waals surface area contributed by atoms with Crippen LogP contribution in [0.2, 0.25) is 5.02 Å². The number of rotatable bonds is 5. The normalized spacial score (nSPS) is 18.7. The van der Waals surface area contributed by atoms with Crippen LogP contribution in [0, 0.1) is 6.92 Å². The van der Waals surface area contributed by atoms with Gasteiger partial charge in [0.25, 0.3) is 0 Å². The molecule has 0 atom stereocenters. The predicted octanol–water partition coefficient (Wildman–Crippen LogP) is 5.21. The van der Waals surface area contributed by atoms with Crippen LogP contribution >= 0.6 is 11.6 Å². The van der Waals surface area contributed by atoms with Crippen molar-refractivity contribution in [2.45, 2.75) is 64.1 Å². The second kappa shape index (κ2) is 6.93. The second-order valence-corrected chi connectivity index (χ2v) is 7.54. The topological polar surface area (TPSA) is 52.3 Å². The molecule has 4 nitrogen and oxygen atoms in total. The summed E-state index contributed by atoms with van der Waals surface area (Å²) in [6.07, 6.45) is 5.29. The zero-order chi connectivity index (χ0) is 17.4. The van der Waals surface area contributed by atoms with E-state index >= 15 is 0 Å². The molecule has 2 aliphatic rings. The Balaban J connectivity index is 1.61. The SMILES string of the molecule is Cc1cccc(Cl)c1-c1noc(C2CC2)c1COC1CCC(=O)CC1. The molecule has 132 valence electrons. The van der Waals surface area contributed by atoms with Crippen molar-refractivity contribution in [3.05, 3.63) is 40.1 Å². The van der Waals surface area contributed by atoms with E-state index in [4.69, 9.17) is 20.9 Å². The van der Waals surface area contributed by atoms with Gasteiger partial charge in [-0.3, -0.25) is 4.79 Å². The van der Waals surface area contributed by atoms with Gasteiger partial charge in [0.2, 0.25) is 0 Å². The van der Waals surface area contributed by atoms with Gasteiger partial charge < -0.3 is 9.26 Å². The molecule has 5 heteroatoms. The highest BCUT2D eigenvalue weighted by atomic mass is 35.5. The minimum atomic E-state index is 0.139. The van der Waals surface area contributed by atoms with Crippen LogP contribution in [0.5, 0.6) is 0 Å². The number of nitrogens with zero attached hydrogens (tertiary/aromatic N) is 1. The van der Waals surface area contributed by atoms with Crippen molar-refractivity contribution in [2.75, 3.05) is 0 Å². The highest BCUT2D eigenvalue weighted by Crippen LogP contribution is 2.45. The van der Waals surface area contributed by atoms with Gasteiger partial charge in [-0.1, -0.05) is 28.9 Å². The van der Waals surface area contributed by atoms with Crippen LogP contribution in [-0.2, 0) is 16.1 Å². The molecule has 2 aromatic rings. The number of Topliss-reactive ketones (excluding diaryl/α,β-unsaturated/α-hetero) is 1. The Hall–Kier alpha value is -1.65. The Labute approximate surface area is 152 Å². The Kier molecular flexibility index (Phi) is 4.65. The molecule has 2 fully saturated rings. The summed E-state index contributed by atoms with van der Waals surface area (Å²) < 4.78 is 11.8. The first kappa shape index (κ1) is 16.8. The number of benzene rings is 1. The van der Waals surface area contributed by atoms with Crippen LogP contribution < -0.4 is 0 Å². The summed E-state index contributed by atoms with van der Waals surface area (Å²) in [5.41, 5.74) is 3.83. The van der Waals surface area contributed by atoms with Crippen LogP contribution in [0.25, 0.3) is 11.3 Å². The van der Waals surface area contributed by atoms with Crippen molar-refractivity contribution < 1.29 is 14.1 Å². The van der Waals surface area contributed by atoms with E-state index in [1.807, 2.05) is 25.1 Å². The summed E-state index contributed by atoms with van der Waals surface area (Å²) in [5.74, 6) is 1.74. The maximum Gasteiger partial charge on any atom is 0.145 e. The van der Waals surface area contributed by atoms with E-state index in [-0.39, 0.29) is 6.10 Å². The Bertz CT molecular complexity index is 764. The quantitative estimate of drug-likeness (QED) is 0.735. The maximum atomic E-state index is 11.4. The van der Waals surface area contributed by atoms with E-state index in [1.54, 1.807) is 0 Å². The number of aryl methyl sites for hydroxylation is 1. The monoisotopic (exact) mass is 359 g/mol. The van der Waals surface area contributed by atoms with Crippen molar-refractivity contribution in [1.29, 1.82) is 0 Å². The molecule has 1 heterocycles. The molecular formula is C20H22ClNO3. The third kappa shape index (κ3) is 3.51. The molecule has 0 spiro atoms. The zero-order valence-corrected chi connectivity index (χ0v) is 15.1. The van der Waals surface area contributed by atoms with Gasteiger partial charge in [-0.05, 0) is 44.2 Å². The third-order valence-corrected chi connectivity index (χ3v) is 5.49. The lowest BCUT2D eigenvalue weighted by Gasteiger charge is -2.21. The molecule has 0 N–H and O–H groups in total. The predicted molar refractivity (Wildman–Crippen MR) is 95.7 cm³/mol. The lowest BCUT2D eigenvalue weighted by Crippen LogP contribution is -2.21. The minimum absolute atomic E-state index is 0.139. The second-order valence-electron chi connectivity index (χ2n) is 7.13. The largest absolute Gasteiger partial charge is 0.373 e. The van der Waals surface area contributed by atoms with Gasteiger partial charge >= 0.3 is 0 Å². The fourth-order valence-corrected chi connectivity index (χ4v) is 3.85. The molecule has 25 heavy (non-hydrogen) atoms. The van der Waals surface area contributed by atoms with Gasteiger partial charge in [0, 0.05) is 29.9 Å². The van der Waals surface area contributed by atoms with Gasteiger partial charge in [0.15, 0.2) is 0 Å². The highest BCUT2D eigenvalue weighted by molar-refractivity contribution is 6.33. The molecule has 0 amide bonds. The van der Waals surface area contributed by atoms with Gasteiger partial charge in [-0.2, -0.15) is 0 Å². The first-order valence-corrected chi connectivity index (χ1v) is 9.38. The maximum absolute atomic E-state index is 11.4. The van der Waals surface area contributed by atoms with E-state index in [9.17, 15) is 4.79 Å². The summed E-state index contributed by atoms with van der Waals surface area (Å²) in [6, 6.07) is 5.86. The number of hydrogen-bond donors (Lipinski definition) is 0. The molecule has 0 bridgehead atoms. The van der Waals surface area contributed by atoms with Gasteiger partial charge in [0.1, 0.15) is 17.2 Å². The Morgan fingerprint density at radius 1 is 1.24 bits per heavy atom. The van der Waals surface area contributed by atoms with Crippen LogP contribution in [-0.4, -0.2) is 17.0 Å². The first-order chi connectivity index (χ1) is 12.1. The highest BCUT2D eigenvalue weighted by Gasteiger charge is 2.33. The number of ketones is 1. The zero-order valence-electron chi connectivity index (χ0n) is 14.4. The summed E-state index contributed by atoms with van der Waals surface area (Å²) in [7, 11) is 0. The molecule has 0 unspecified atom stereocenters. The average molecular weight is 360 g/mol. The Morgan fingerprint density at radius 3 is 2.68 bits per heavy atom. The van der Waals surface area contributed by atoms with E-state index in [0.29, 0.717) is 36.2 Å². The smallest absolute Gasteiger partial charge is 0.145 e. The fraction of sp³-hybridized carbons (Fsp3) is 0.500. The lowest BCUT2D eigenvalue weighted by atomic mass is 9.96. The molecule has 0 saturated heterocycles. The van der Waals surface area contributed by atoms with Crippen LogP contribution in [0.15, 0.2) is 22.7 Å². The number of carbonyl (C=O) groups is 1. The number of halogens is 1. The summed E-state index contributed by atoms with van der Waals surface area (Å²) >= 11 is 6.45. The number of aromatic nitrogens is 1. The summed E-state index contributed by atoms with van der Waals surface area (Å²) in [5, 5.41) is 5.03. The fourth-order valence-electron chi connectivity index (χ4n) is 3.54. The minimum Gasteiger partial charge on any atom is -0.373 e. The van der Waals surface area contributed by atoms with Crippen molar-refractivity contribution >= 4 is 17.4 Å². The molecule has 0 aliphatic heterocycles. The van der Waals surface area contributed by atoms with Crippen molar-refractivity contribution in [1.82, 2.24) is 5.16 Å². The van der Waals surface area contributed by atoms with Crippen LogP contribution in [0.1, 0.15) is 61.3 Å².